The standard InChI is InChI=1S/C12H16N2O2S/c1-3-10-8(2)14-9(5-4-6-11(15)16)7-17-12(14)13-10/h7H,3-6H2,1-2H3,(H,15,16). The molecular formula is C12H16N2O2S. The fourth-order valence-electron chi connectivity index (χ4n) is 2.04. The molecule has 0 radical (unpaired) electrons. The molecule has 5 heteroatoms. The van der Waals surface area contributed by atoms with Crippen LogP contribution in [0.25, 0.3) is 4.96 Å². The molecule has 2 aromatic rings. The Hall–Kier alpha value is -1.36. The van der Waals surface area contributed by atoms with Crippen LogP contribution in [0.4, 0.5) is 0 Å². The average molecular weight is 252 g/mol. The molecule has 0 saturated carbocycles. The molecule has 0 aromatic carbocycles. The molecule has 17 heavy (non-hydrogen) atoms. The van der Waals surface area contributed by atoms with Crippen LogP contribution in [0, 0.1) is 6.92 Å². The van der Waals surface area contributed by atoms with E-state index >= 15 is 0 Å². The second-order valence-electron chi connectivity index (χ2n) is 4.09. The first-order valence-electron chi connectivity index (χ1n) is 5.79. The van der Waals surface area contributed by atoms with Gasteiger partial charge in [-0.3, -0.25) is 9.20 Å². The van der Waals surface area contributed by atoms with E-state index in [1.165, 1.54) is 11.4 Å². The van der Waals surface area contributed by atoms with Crippen molar-refractivity contribution in [1.29, 1.82) is 0 Å². The first-order chi connectivity index (χ1) is 8.13. The molecule has 2 aromatic heterocycles. The number of imidazole rings is 1. The monoisotopic (exact) mass is 252 g/mol. The number of hydrogen-bond donors (Lipinski definition) is 1. The van der Waals surface area contributed by atoms with E-state index in [9.17, 15) is 4.79 Å². The number of aryl methyl sites for hydroxylation is 3. The van der Waals surface area contributed by atoms with E-state index in [4.69, 9.17) is 5.11 Å². The van der Waals surface area contributed by atoms with Crippen molar-refractivity contribution in [2.75, 3.05) is 0 Å². The lowest BCUT2D eigenvalue weighted by Gasteiger charge is -2.00. The summed E-state index contributed by atoms with van der Waals surface area (Å²) in [7, 11) is 0. The molecule has 0 aliphatic rings. The Morgan fingerprint density at radius 1 is 1.59 bits per heavy atom. The first-order valence-corrected chi connectivity index (χ1v) is 6.67. The zero-order valence-electron chi connectivity index (χ0n) is 10.1. The number of carboxylic acids is 1. The van der Waals surface area contributed by atoms with Gasteiger partial charge in [-0.1, -0.05) is 6.92 Å². The van der Waals surface area contributed by atoms with Gasteiger partial charge in [0, 0.05) is 23.2 Å². The first kappa shape index (κ1) is 12.1. The Balaban J connectivity index is 2.22. The van der Waals surface area contributed by atoms with E-state index in [0.29, 0.717) is 6.42 Å². The van der Waals surface area contributed by atoms with Gasteiger partial charge in [0.15, 0.2) is 4.96 Å². The van der Waals surface area contributed by atoms with Crippen LogP contribution in [-0.4, -0.2) is 20.5 Å². The molecule has 0 fully saturated rings. The summed E-state index contributed by atoms with van der Waals surface area (Å²) in [6.45, 7) is 4.18. The minimum absolute atomic E-state index is 0.228. The third-order valence-electron chi connectivity index (χ3n) is 2.92. The Morgan fingerprint density at radius 2 is 2.35 bits per heavy atom. The second-order valence-corrected chi connectivity index (χ2v) is 4.93. The second kappa shape index (κ2) is 4.87. The molecule has 0 bridgehead atoms. The maximum Gasteiger partial charge on any atom is 0.303 e. The Bertz CT molecular complexity index is 542. The smallest absolute Gasteiger partial charge is 0.303 e. The summed E-state index contributed by atoms with van der Waals surface area (Å²) < 4.78 is 2.16. The number of aromatic nitrogens is 2. The van der Waals surface area contributed by atoms with Crippen molar-refractivity contribution in [2.45, 2.75) is 39.5 Å². The molecule has 0 saturated heterocycles. The summed E-state index contributed by atoms with van der Waals surface area (Å²) in [4.78, 5) is 16.1. The number of rotatable bonds is 5. The van der Waals surface area contributed by atoms with Crippen LogP contribution in [0.3, 0.4) is 0 Å². The van der Waals surface area contributed by atoms with Gasteiger partial charge in [0.25, 0.3) is 0 Å². The lowest BCUT2D eigenvalue weighted by molar-refractivity contribution is -0.137. The molecule has 0 spiro atoms. The number of carbonyl (C=O) groups is 1. The quantitative estimate of drug-likeness (QED) is 0.890. The van der Waals surface area contributed by atoms with Gasteiger partial charge in [-0.2, -0.15) is 0 Å². The molecule has 0 aliphatic heterocycles. The Morgan fingerprint density at radius 3 is 3.00 bits per heavy atom. The summed E-state index contributed by atoms with van der Waals surface area (Å²) in [6.07, 6.45) is 2.65. The summed E-state index contributed by atoms with van der Waals surface area (Å²) in [6, 6.07) is 0. The van der Waals surface area contributed by atoms with Gasteiger partial charge in [0.1, 0.15) is 0 Å². The van der Waals surface area contributed by atoms with Gasteiger partial charge >= 0.3 is 5.97 Å². The molecule has 1 N–H and O–H groups in total. The number of hydrogen-bond acceptors (Lipinski definition) is 3. The minimum Gasteiger partial charge on any atom is -0.481 e. The van der Waals surface area contributed by atoms with Crippen molar-refractivity contribution in [2.24, 2.45) is 0 Å². The highest BCUT2D eigenvalue weighted by Gasteiger charge is 2.12. The third-order valence-corrected chi connectivity index (χ3v) is 3.80. The van der Waals surface area contributed by atoms with Crippen LogP contribution in [-0.2, 0) is 17.6 Å². The Kier molecular flexibility index (Phi) is 3.47. The average Bonchev–Trinajstić information content (AvgIpc) is 2.80. The van der Waals surface area contributed by atoms with Crippen LogP contribution in [0.1, 0.15) is 36.8 Å². The number of carboxylic acid groups (broad SMARTS) is 1. The van der Waals surface area contributed by atoms with Crippen LogP contribution in [0.15, 0.2) is 5.38 Å². The highest BCUT2D eigenvalue weighted by atomic mass is 32.1. The highest BCUT2D eigenvalue weighted by molar-refractivity contribution is 7.15. The normalized spacial score (nSPS) is 11.2. The number of fused-ring (bicyclic) bond motifs is 1. The van der Waals surface area contributed by atoms with Crippen molar-refractivity contribution in [3.8, 4) is 0 Å². The number of nitrogens with zero attached hydrogens (tertiary/aromatic N) is 2. The number of aliphatic carboxylic acids is 1. The summed E-state index contributed by atoms with van der Waals surface area (Å²) in [5.74, 6) is -0.729. The zero-order valence-corrected chi connectivity index (χ0v) is 10.9. The SMILES string of the molecule is CCc1nc2scc(CCCC(=O)O)n2c1C. The fraction of sp³-hybridized carbons (Fsp3) is 0.500. The van der Waals surface area contributed by atoms with Crippen LogP contribution in [0.5, 0.6) is 0 Å². The van der Waals surface area contributed by atoms with Crippen LogP contribution in [0.2, 0.25) is 0 Å². The summed E-state index contributed by atoms with van der Waals surface area (Å²) >= 11 is 1.63. The maximum atomic E-state index is 10.5. The largest absolute Gasteiger partial charge is 0.481 e. The van der Waals surface area contributed by atoms with Crippen molar-refractivity contribution >= 4 is 22.3 Å². The van der Waals surface area contributed by atoms with Gasteiger partial charge in [-0.05, 0) is 26.2 Å². The maximum absolute atomic E-state index is 10.5. The molecule has 0 aliphatic carbocycles. The van der Waals surface area contributed by atoms with E-state index in [-0.39, 0.29) is 6.42 Å². The number of thiazole rings is 1. The van der Waals surface area contributed by atoms with E-state index in [2.05, 4.69) is 28.6 Å². The molecule has 2 heterocycles. The van der Waals surface area contributed by atoms with Crippen LogP contribution >= 0.6 is 11.3 Å². The van der Waals surface area contributed by atoms with Gasteiger partial charge in [-0.15, -0.1) is 11.3 Å². The van der Waals surface area contributed by atoms with Crippen LogP contribution < -0.4 is 0 Å². The van der Waals surface area contributed by atoms with Gasteiger partial charge in [0.2, 0.25) is 0 Å². The van der Waals surface area contributed by atoms with Crippen molar-refractivity contribution < 1.29 is 9.90 Å². The third kappa shape index (κ3) is 2.34. The van der Waals surface area contributed by atoms with E-state index in [1.54, 1.807) is 11.3 Å². The van der Waals surface area contributed by atoms with E-state index in [1.807, 2.05) is 0 Å². The van der Waals surface area contributed by atoms with Gasteiger partial charge in [-0.25, -0.2) is 4.98 Å². The summed E-state index contributed by atoms with van der Waals surface area (Å²) in [5.41, 5.74) is 3.50. The van der Waals surface area contributed by atoms with E-state index < -0.39 is 5.97 Å². The minimum atomic E-state index is -0.729. The van der Waals surface area contributed by atoms with Gasteiger partial charge in [0.05, 0.1) is 5.69 Å². The lowest BCUT2D eigenvalue weighted by Crippen LogP contribution is -1.99. The molecule has 2 rings (SSSR count). The van der Waals surface area contributed by atoms with Crippen molar-refractivity contribution in [3.63, 3.8) is 0 Å². The van der Waals surface area contributed by atoms with Crippen molar-refractivity contribution in [1.82, 2.24) is 9.38 Å². The zero-order chi connectivity index (χ0) is 12.4. The fourth-order valence-corrected chi connectivity index (χ4v) is 3.02. The molecule has 0 unspecified atom stereocenters. The Labute approximate surface area is 104 Å². The topological polar surface area (TPSA) is 54.6 Å². The van der Waals surface area contributed by atoms with Gasteiger partial charge < -0.3 is 5.11 Å². The summed E-state index contributed by atoms with van der Waals surface area (Å²) in [5, 5.41) is 10.7. The predicted molar refractivity (Wildman–Crippen MR) is 67.8 cm³/mol. The van der Waals surface area contributed by atoms with E-state index in [0.717, 1.165) is 23.5 Å². The molecule has 92 valence electrons. The lowest BCUT2D eigenvalue weighted by atomic mass is 10.2. The molecule has 0 amide bonds. The van der Waals surface area contributed by atoms with Crippen molar-refractivity contribution in [3.05, 3.63) is 22.5 Å². The predicted octanol–water partition coefficient (Wildman–Crippen LogP) is 2.67. The molecule has 0 atom stereocenters. The molecule has 4 nitrogen and oxygen atoms in total. The molecular weight excluding hydrogens is 236 g/mol. The highest BCUT2D eigenvalue weighted by Crippen LogP contribution is 2.22.